The van der Waals surface area contributed by atoms with Gasteiger partial charge in [-0.25, -0.2) is 0 Å². The van der Waals surface area contributed by atoms with Crippen LogP contribution in [0.5, 0.6) is 5.88 Å². The Morgan fingerprint density at radius 2 is 2.17 bits per heavy atom. The van der Waals surface area contributed by atoms with E-state index in [2.05, 4.69) is 0 Å². The molecule has 1 aromatic rings. The number of aromatic nitrogens is 1. The first kappa shape index (κ1) is 8.80. The molecule has 0 aliphatic carbocycles. The highest BCUT2D eigenvalue weighted by molar-refractivity contribution is 5.20. The van der Waals surface area contributed by atoms with Crippen LogP contribution in [-0.4, -0.2) is 9.67 Å². The van der Waals surface area contributed by atoms with E-state index in [0.717, 1.165) is 10.1 Å². The first-order chi connectivity index (χ1) is 5.52. The molecule has 1 unspecified atom stereocenters. The first-order valence-electron chi connectivity index (χ1n) is 3.70. The van der Waals surface area contributed by atoms with Crippen molar-refractivity contribution in [2.75, 3.05) is 0 Å². The average Bonchev–Trinajstić information content (AvgIpc) is 1.82. The first-order valence-corrected chi connectivity index (χ1v) is 3.70. The largest absolute Gasteiger partial charge is 0.494 e. The Balaban J connectivity index is 3.39. The molecule has 0 aliphatic rings. The highest BCUT2D eigenvalue weighted by Crippen LogP contribution is 2.10. The van der Waals surface area contributed by atoms with Crippen LogP contribution in [0.15, 0.2) is 16.9 Å². The number of aryl methyl sites for hydroxylation is 1. The summed E-state index contributed by atoms with van der Waals surface area (Å²) >= 11 is 0. The second kappa shape index (κ2) is 2.98. The molecule has 0 fully saturated rings. The number of pyridine rings is 1. The number of nitrogens with two attached hydrogens (primary N) is 1. The lowest BCUT2D eigenvalue weighted by atomic mass is 10.3. The lowest BCUT2D eigenvalue weighted by Gasteiger charge is -2.11. The molecule has 0 saturated heterocycles. The highest BCUT2D eigenvalue weighted by Gasteiger charge is 2.06. The van der Waals surface area contributed by atoms with E-state index in [4.69, 9.17) is 5.73 Å². The number of rotatable bonds is 1. The monoisotopic (exact) mass is 168 g/mol. The molecule has 3 N–H and O–H groups in total. The number of aromatic hydroxyl groups is 1. The lowest BCUT2D eigenvalue weighted by molar-refractivity contribution is 0.381. The van der Waals surface area contributed by atoms with Crippen molar-refractivity contribution in [1.82, 2.24) is 4.57 Å². The maximum absolute atomic E-state index is 11.2. The summed E-state index contributed by atoms with van der Waals surface area (Å²) < 4.78 is 1.13. The molecule has 0 spiro atoms. The van der Waals surface area contributed by atoms with E-state index in [1.807, 2.05) is 0 Å². The highest BCUT2D eigenvalue weighted by atomic mass is 16.3. The third kappa shape index (κ3) is 1.48. The van der Waals surface area contributed by atoms with E-state index in [1.54, 1.807) is 13.8 Å². The summed E-state index contributed by atoms with van der Waals surface area (Å²) in [5, 5.41) is 9.33. The van der Waals surface area contributed by atoms with Gasteiger partial charge < -0.3 is 10.8 Å². The summed E-state index contributed by atoms with van der Waals surface area (Å²) in [4.78, 5) is 11.2. The van der Waals surface area contributed by atoms with Gasteiger partial charge >= 0.3 is 0 Å². The molecule has 4 nitrogen and oxygen atoms in total. The zero-order chi connectivity index (χ0) is 9.30. The SMILES string of the molecule is Cc1cc(O)n(C(C)N)c(=O)c1. The van der Waals surface area contributed by atoms with E-state index in [9.17, 15) is 9.90 Å². The summed E-state index contributed by atoms with van der Waals surface area (Å²) in [6, 6.07) is 2.94. The number of hydrogen-bond acceptors (Lipinski definition) is 3. The van der Waals surface area contributed by atoms with Gasteiger partial charge in [0, 0.05) is 12.1 Å². The van der Waals surface area contributed by atoms with Crippen LogP contribution in [0.3, 0.4) is 0 Å². The minimum absolute atomic E-state index is 0.0880. The molecule has 0 amide bonds. The third-order valence-corrected chi connectivity index (χ3v) is 1.60. The molecule has 4 heteroatoms. The van der Waals surface area contributed by atoms with Crippen molar-refractivity contribution in [1.29, 1.82) is 0 Å². The Bertz CT molecular complexity index is 341. The standard InChI is InChI=1S/C8H12N2O2/c1-5-3-7(11)10(6(2)9)8(12)4-5/h3-4,6,11H,9H2,1-2H3. The molecule has 66 valence electrons. The molecule has 0 aromatic carbocycles. The van der Waals surface area contributed by atoms with Gasteiger partial charge in [0.15, 0.2) is 5.88 Å². The quantitative estimate of drug-likeness (QED) is 0.635. The number of nitrogens with zero attached hydrogens (tertiary/aromatic N) is 1. The van der Waals surface area contributed by atoms with Crippen molar-refractivity contribution in [3.63, 3.8) is 0 Å². The molecule has 0 bridgehead atoms. The Morgan fingerprint density at radius 3 is 2.58 bits per heavy atom. The average molecular weight is 168 g/mol. The topological polar surface area (TPSA) is 68.2 Å². The zero-order valence-electron chi connectivity index (χ0n) is 7.11. The van der Waals surface area contributed by atoms with Gasteiger partial charge in [0.2, 0.25) is 0 Å². The smallest absolute Gasteiger partial charge is 0.254 e. The molecule has 12 heavy (non-hydrogen) atoms. The zero-order valence-corrected chi connectivity index (χ0v) is 7.11. The lowest BCUT2D eigenvalue weighted by Crippen LogP contribution is -2.27. The molecular formula is C8H12N2O2. The Labute approximate surface area is 70.3 Å². The van der Waals surface area contributed by atoms with Crippen LogP contribution in [0.2, 0.25) is 0 Å². The normalized spacial score (nSPS) is 12.9. The summed E-state index contributed by atoms with van der Waals surface area (Å²) in [5.41, 5.74) is 5.92. The summed E-state index contributed by atoms with van der Waals surface area (Å²) in [7, 11) is 0. The summed E-state index contributed by atoms with van der Waals surface area (Å²) in [6.07, 6.45) is -0.502. The molecule has 1 aromatic heterocycles. The van der Waals surface area contributed by atoms with E-state index in [1.165, 1.54) is 12.1 Å². The third-order valence-electron chi connectivity index (χ3n) is 1.60. The minimum atomic E-state index is -0.502. The van der Waals surface area contributed by atoms with E-state index < -0.39 is 6.17 Å². The summed E-state index contributed by atoms with van der Waals surface area (Å²) in [5.74, 6) is -0.0880. The van der Waals surface area contributed by atoms with E-state index >= 15 is 0 Å². The fraction of sp³-hybridized carbons (Fsp3) is 0.375. The van der Waals surface area contributed by atoms with Crippen LogP contribution in [0.1, 0.15) is 18.7 Å². The second-order valence-corrected chi connectivity index (χ2v) is 2.84. The van der Waals surface area contributed by atoms with Gasteiger partial charge in [-0.1, -0.05) is 0 Å². The maximum Gasteiger partial charge on any atom is 0.254 e. The predicted molar refractivity (Wildman–Crippen MR) is 46.0 cm³/mol. The van der Waals surface area contributed by atoms with E-state index in [-0.39, 0.29) is 11.4 Å². The van der Waals surface area contributed by atoms with Crippen LogP contribution in [0, 0.1) is 6.92 Å². The Morgan fingerprint density at radius 1 is 1.58 bits per heavy atom. The van der Waals surface area contributed by atoms with Gasteiger partial charge in [-0.05, 0) is 19.4 Å². The predicted octanol–water partition coefficient (Wildman–Crippen LogP) is 0.340. The molecule has 1 heterocycles. The molecule has 1 atom stereocenters. The second-order valence-electron chi connectivity index (χ2n) is 2.84. The van der Waals surface area contributed by atoms with Crippen molar-refractivity contribution in [3.8, 4) is 5.88 Å². The van der Waals surface area contributed by atoms with Crippen molar-refractivity contribution in [2.24, 2.45) is 5.73 Å². The molecule has 0 saturated carbocycles. The van der Waals surface area contributed by atoms with E-state index in [0.29, 0.717) is 0 Å². The van der Waals surface area contributed by atoms with Gasteiger partial charge in [0.1, 0.15) is 0 Å². The van der Waals surface area contributed by atoms with Gasteiger partial charge in [-0.15, -0.1) is 0 Å². The molecule has 1 rings (SSSR count). The van der Waals surface area contributed by atoms with Gasteiger partial charge in [-0.2, -0.15) is 0 Å². The van der Waals surface area contributed by atoms with Crippen molar-refractivity contribution in [3.05, 3.63) is 28.0 Å². The summed E-state index contributed by atoms with van der Waals surface area (Å²) in [6.45, 7) is 3.38. The Hall–Kier alpha value is -1.29. The minimum Gasteiger partial charge on any atom is -0.494 e. The maximum atomic E-state index is 11.2. The van der Waals surface area contributed by atoms with Crippen LogP contribution < -0.4 is 11.3 Å². The van der Waals surface area contributed by atoms with Crippen LogP contribution >= 0.6 is 0 Å². The van der Waals surface area contributed by atoms with Crippen LogP contribution in [0.4, 0.5) is 0 Å². The van der Waals surface area contributed by atoms with Crippen molar-refractivity contribution < 1.29 is 5.11 Å². The molecular weight excluding hydrogens is 156 g/mol. The number of hydrogen-bond donors (Lipinski definition) is 2. The van der Waals surface area contributed by atoms with Crippen molar-refractivity contribution >= 4 is 0 Å². The van der Waals surface area contributed by atoms with Crippen LogP contribution in [-0.2, 0) is 0 Å². The van der Waals surface area contributed by atoms with Gasteiger partial charge in [0.25, 0.3) is 5.56 Å². The molecule has 0 radical (unpaired) electrons. The van der Waals surface area contributed by atoms with Gasteiger partial charge in [0.05, 0.1) is 6.17 Å². The van der Waals surface area contributed by atoms with Gasteiger partial charge in [-0.3, -0.25) is 9.36 Å². The van der Waals surface area contributed by atoms with Crippen LogP contribution in [0.25, 0.3) is 0 Å². The fourth-order valence-electron chi connectivity index (χ4n) is 1.10. The van der Waals surface area contributed by atoms with Crippen molar-refractivity contribution in [2.45, 2.75) is 20.0 Å². The fourth-order valence-corrected chi connectivity index (χ4v) is 1.10. The Kier molecular flexibility index (Phi) is 2.19. The molecule has 0 aliphatic heterocycles.